The smallest absolute Gasteiger partial charge is 0.406 e. The Morgan fingerprint density at radius 3 is 2.49 bits per heavy atom. The summed E-state index contributed by atoms with van der Waals surface area (Å²) in [6, 6.07) is 13.5. The second kappa shape index (κ2) is 10.7. The first-order valence-electron chi connectivity index (χ1n) is 11.0. The quantitative estimate of drug-likeness (QED) is 0.284. The average molecular weight is 487 g/mol. The number of hydrogen-bond acceptors (Lipinski definition) is 7. The van der Waals surface area contributed by atoms with Crippen molar-refractivity contribution in [2.45, 2.75) is 39.1 Å². The Hall–Kier alpha value is -3.73. The van der Waals surface area contributed by atoms with Gasteiger partial charge < -0.3 is 14.0 Å². The van der Waals surface area contributed by atoms with E-state index in [2.05, 4.69) is 37.1 Å². The maximum Gasteiger partial charge on any atom is 0.573 e. The summed E-state index contributed by atoms with van der Waals surface area (Å²) in [5.74, 6) is 0.936. The predicted octanol–water partition coefficient (Wildman–Crippen LogP) is 5.22. The highest BCUT2D eigenvalue weighted by Gasteiger charge is 2.31. The largest absolute Gasteiger partial charge is 0.573 e. The first kappa shape index (κ1) is 24.4. The molecule has 0 aliphatic carbocycles. The Morgan fingerprint density at radius 1 is 0.971 bits per heavy atom. The van der Waals surface area contributed by atoms with Crippen LogP contribution >= 0.6 is 0 Å². The summed E-state index contributed by atoms with van der Waals surface area (Å²) in [6.07, 6.45) is -1.70. The standard InChI is InChI=1S/C24H24F3N5O3/c1-16-28-22(30-32(16)15-18-8-5-7-17(14-18)6-3-4-13-33-2)23-29-21(31-35-23)19-9-11-20(12-10-19)34-24(25,26)27/h5,7-12,14H,3-4,6,13,15H2,1-2H3. The Kier molecular flexibility index (Phi) is 7.45. The minimum atomic E-state index is -4.76. The molecule has 35 heavy (non-hydrogen) atoms. The van der Waals surface area contributed by atoms with E-state index in [1.54, 1.807) is 11.8 Å². The van der Waals surface area contributed by atoms with Crippen LogP contribution in [0.5, 0.6) is 5.75 Å². The molecule has 0 aliphatic rings. The maximum atomic E-state index is 12.3. The highest BCUT2D eigenvalue weighted by atomic mass is 19.4. The van der Waals surface area contributed by atoms with Crippen LogP contribution < -0.4 is 4.74 Å². The van der Waals surface area contributed by atoms with Crippen molar-refractivity contribution in [3.63, 3.8) is 0 Å². The van der Waals surface area contributed by atoms with Crippen LogP contribution in [0.2, 0.25) is 0 Å². The normalized spacial score (nSPS) is 11.7. The highest BCUT2D eigenvalue weighted by Crippen LogP contribution is 2.26. The summed E-state index contributed by atoms with van der Waals surface area (Å²) in [5.41, 5.74) is 2.82. The molecular formula is C24H24F3N5O3. The van der Waals surface area contributed by atoms with Gasteiger partial charge in [0.25, 0.3) is 5.89 Å². The monoisotopic (exact) mass is 487 g/mol. The first-order valence-corrected chi connectivity index (χ1v) is 11.0. The van der Waals surface area contributed by atoms with Crippen molar-refractivity contribution in [2.75, 3.05) is 13.7 Å². The Bertz CT molecular complexity index is 1250. The van der Waals surface area contributed by atoms with Crippen LogP contribution in [-0.4, -0.2) is 45.0 Å². The SMILES string of the molecule is COCCCCc1cccc(Cn2nc(-c3nc(-c4ccc(OC(F)(F)F)cc4)no3)nc2C)c1. The second-order valence-electron chi connectivity index (χ2n) is 7.91. The number of nitrogens with zero attached hydrogens (tertiary/aromatic N) is 5. The van der Waals surface area contributed by atoms with Crippen LogP contribution in [0.25, 0.3) is 23.1 Å². The van der Waals surface area contributed by atoms with E-state index < -0.39 is 6.36 Å². The molecule has 2 heterocycles. The lowest BCUT2D eigenvalue weighted by Crippen LogP contribution is -2.16. The van der Waals surface area contributed by atoms with E-state index in [1.807, 2.05) is 19.1 Å². The Morgan fingerprint density at radius 2 is 1.74 bits per heavy atom. The van der Waals surface area contributed by atoms with Crippen LogP contribution in [0.1, 0.15) is 29.8 Å². The molecule has 0 spiro atoms. The molecule has 0 N–H and O–H groups in total. The number of rotatable bonds is 10. The molecule has 0 radical (unpaired) electrons. The van der Waals surface area contributed by atoms with Crippen molar-refractivity contribution in [3.8, 4) is 28.9 Å². The van der Waals surface area contributed by atoms with Gasteiger partial charge in [-0.2, -0.15) is 4.98 Å². The first-order chi connectivity index (χ1) is 16.8. The number of benzene rings is 2. The third-order valence-electron chi connectivity index (χ3n) is 5.21. The van der Waals surface area contributed by atoms with Gasteiger partial charge in [-0.25, -0.2) is 9.67 Å². The molecule has 0 aliphatic heterocycles. The lowest BCUT2D eigenvalue weighted by molar-refractivity contribution is -0.274. The van der Waals surface area contributed by atoms with E-state index >= 15 is 0 Å². The van der Waals surface area contributed by atoms with Gasteiger partial charge in [-0.15, -0.1) is 18.3 Å². The van der Waals surface area contributed by atoms with Crippen LogP contribution in [0, 0.1) is 6.92 Å². The molecular weight excluding hydrogens is 463 g/mol. The number of alkyl halides is 3. The number of aryl methyl sites for hydroxylation is 2. The van der Waals surface area contributed by atoms with Gasteiger partial charge in [0.05, 0.1) is 6.54 Å². The number of methoxy groups -OCH3 is 1. The summed E-state index contributed by atoms with van der Waals surface area (Å²) in [7, 11) is 1.71. The number of hydrogen-bond donors (Lipinski definition) is 0. The van der Waals surface area contributed by atoms with E-state index in [1.165, 1.54) is 29.8 Å². The lowest BCUT2D eigenvalue weighted by Gasteiger charge is -2.08. The number of halogens is 3. The number of ether oxygens (including phenoxy) is 2. The summed E-state index contributed by atoms with van der Waals surface area (Å²) >= 11 is 0. The van der Waals surface area contributed by atoms with Gasteiger partial charge in [0.2, 0.25) is 11.6 Å². The van der Waals surface area contributed by atoms with Gasteiger partial charge in [-0.1, -0.05) is 29.4 Å². The van der Waals surface area contributed by atoms with Crippen molar-refractivity contribution in [3.05, 3.63) is 65.5 Å². The third-order valence-corrected chi connectivity index (χ3v) is 5.21. The molecule has 0 atom stereocenters. The lowest BCUT2D eigenvalue weighted by atomic mass is 10.1. The number of unbranched alkanes of at least 4 members (excludes halogenated alkanes) is 1. The average Bonchev–Trinajstić information content (AvgIpc) is 3.44. The summed E-state index contributed by atoms with van der Waals surface area (Å²) in [4.78, 5) is 8.72. The molecule has 2 aromatic carbocycles. The molecule has 0 bridgehead atoms. The van der Waals surface area contributed by atoms with E-state index in [4.69, 9.17) is 9.26 Å². The van der Waals surface area contributed by atoms with Gasteiger partial charge in [-0.3, -0.25) is 0 Å². The summed E-state index contributed by atoms with van der Waals surface area (Å²) in [5, 5.41) is 8.40. The molecule has 184 valence electrons. The Balaban J connectivity index is 1.44. The molecule has 4 rings (SSSR count). The minimum Gasteiger partial charge on any atom is -0.406 e. The minimum absolute atomic E-state index is 0.115. The fourth-order valence-electron chi connectivity index (χ4n) is 3.53. The van der Waals surface area contributed by atoms with Gasteiger partial charge in [0.1, 0.15) is 11.6 Å². The van der Waals surface area contributed by atoms with E-state index in [0.717, 1.165) is 31.4 Å². The zero-order chi connectivity index (χ0) is 24.8. The van der Waals surface area contributed by atoms with Gasteiger partial charge in [0, 0.05) is 19.3 Å². The van der Waals surface area contributed by atoms with E-state index in [9.17, 15) is 13.2 Å². The topological polar surface area (TPSA) is 88.1 Å². The number of aromatic nitrogens is 5. The fourth-order valence-corrected chi connectivity index (χ4v) is 3.53. The van der Waals surface area contributed by atoms with Crippen LogP contribution in [0.4, 0.5) is 13.2 Å². The van der Waals surface area contributed by atoms with Crippen molar-refractivity contribution in [1.29, 1.82) is 0 Å². The molecule has 2 aromatic heterocycles. The Labute approximate surface area is 199 Å². The van der Waals surface area contributed by atoms with Crippen LogP contribution in [-0.2, 0) is 17.7 Å². The maximum absolute atomic E-state index is 12.3. The van der Waals surface area contributed by atoms with Gasteiger partial charge in [-0.05, 0) is 61.6 Å². The fraction of sp³-hybridized carbons (Fsp3) is 0.333. The van der Waals surface area contributed by atoms with E-state index in [-0.39, 0.29) is 23.3 Å². The summed E-state index contributed by atoms with van der Waals surface area (Å²) in [6.45, 7) is 3.13. The molecule has 0 fully saturated rings. The molecule has 8 nitrogen and oxygen atoms in total. The van der Waals surface area contributed by atoms with E-state index in [0.29, 0.717) is 17.9 Å². The molecule has 0 unspecified atom stereocenters. The third kappa shape index (κ3) is 6.66. The highest BCUT2D eigenvalue weighted by molar-refractivity contribution is 5.57. The van der Waals surface area contributed by atoms with Crippen LogP contribution in [0.3, 0.4) is 0 Å². The summed E-state index contributed by atoms with van der Waals surface area (Å²) < 4.78 is 53.1. The van der Waals surface area contributed by atoms with Crippen molar-refractivity contribution < 1.29 is 27.2 Å². The molecule has 11 heteroatoms. The molecule has 0 saturated carbocycles. The zero-order valence-electron chi connectivity index (χ0n) is 19.2. The van der Waals surface area contributed by atoms with Crippen LogP contribution in [0.15, 0.2) is 53.1 Å². The molecule has 0 saturated heterocycles. The van der Waals surface area contributed by atoms with Gasteiger partial charge in [0.15, 0.2) is 0 Å². The molecule has 0 amide bonds. The molecule has 4 aromatic rings. The van der Waals surface area contributed by atoms with Gasteiger partial charge >= 0.3 is 6.36 Å². The second-order valence-corrected chi connectivity index (χ2v) is 7.91. The zero-order valence-corrected chi connectivity index (χ0v) is 19.2. The van der Waals surface area contributed by atoms with Crippen molar-refractivity contribution in [1.82, 2.24) is 24.9 Å². The van der Waals surface area contributed by atoms with Crippen molar-refractivity contribution in [2.24, 2.45) is 0 Å². The predicted molar refractivity (Wildman–Crippen MR) is 121 cm³/mol. The van der Waals surface area contributed by atoms with Crippen molar-refractivity contribution >= 4 is 0 Å².